The summed E-state index contributed by atoms with van der Waals surface area (Å²) in [4.78, 5) is 10.2. The molecule has 0 saturated heterocycles. The lowest BCUT2D eigenvalue weighted by Crippen LogP contribution is -1.99. The van der Waals surface area contributed by atoms with Crippen LogP contribution in [0.1, 0.15) is 6.92 Å². The first-order valence-corrected chi connectivity index (χ1v) is 2.81. The number of carboxylic acid groups (broad SMARTS) is 1. The van der Waals surface area contributed by atoms with Crippen LogP contribution in [0.3, 0.4) is 0 Å². The summed E-state index contributed by atoms with van der Waals surface area (Å²) in [7, 11) is 0. The van der Waals surface area contributed by atoms with Gasteiger partial charge in [0.15, 0.2) is 0 Å². The molecule has 0 rings (SSSR count). The first-order chi connectivity index (χ1) is 4.59. The van der Waals surface area contributed by atoms with Gasteiger partial charge in [-0.2, -0.15) is 0 Å². The maximum Gasteiger partial charge on any atom is 0.335 e. The Labute approximate surface area is 60.2 Å². The second-order valence-corrected chi connectivity index (χ2v) is 1.87. The normalized spacial score (nSPS) is 10.7. The van der Waals surface area contributed by atoms with Crippen molar-refractivity contribution < 1.29 is 9.90 Å². The van der Waals surface area contributed by atoms with Crippen LogP contribution in [0.25, 0.3) is 0 Å². The SMILES string of the molecule is C=C/C=C(/C)C(=C)C(=O)O. The van der Waals surface area contributed by atoms with Crippen molar-refractivity contribution in [3.63, 3.8) is 0 Å². The van der Waals surface area contributed by atoms with Crippen LogP contribution in [-0.4, -0.2) is 11.1 Å². The highest BCUT2D eigenvalue weighted by Gasteiger charge is 2.03. The molecule has 0 atom stereocenters. The molecule has 0 aromatic carbocycles. The molecule has 0 radical (unpaired) electrons. The highest BCUT2D eigenvalue weighted by molar-refractivity contribution is 5.90. The molecule has 54 valence electrons. The van der Waals surface area contributed by atoms with Gasteiger partial charge in [-0.05, 0) is 12.5 Å². The van der Waals surface area contributed by atoms with Crippen molar-refractivity contribution >= 4 is 5.97 Å². The van der Waals surface area contributed by atoms with Gasteiger partial charge in [0.25, 0.3) is 0 Å². The third-order valence-corrected chi connectivity index (χ3v) is 1.10. The summed E-state index contributed by atoms with van der Waals surface area (Å²) in [5, 5.41) is 8.40. The van der Waals surface area contributed by atoms with Gasteiger partial charge in [0.2, 0.25) is 0 Å². The Bertz CT molecular complexity index is 199. The van der Waals surface area contributed by atoms with E-state index in [9.17, 15) is 4.79 Å². The van der Waals surface area contributed by atoms with Crippen molar-refractivity contribution in [2.75, 3.05) is 0 Å². The van der Waals surface area contributed by atoms with E-state index in [0.29, 0.717) is 5.57 Å². The lowest BCUT2D eigenvalue weighted by Gasteiger charge is -1.96. The van der Waals surface area contributed by atoms with Crippen molar-refractivity contribution in [1.82, 2.24) is 0 Å². The Balaban J connectivity index is 4.36. The second-order valence-electron chi connectivity index (χ2n) is 1.87. The number of allylic oxidation sites excluding steroid dienone is 2. The molecule has 0 aliphatic carbocycles. The molecule has 0 aliphatic rings. The Morgan fingerprint density at radius 2 is 2.10 bits per heavy atom. The summed E-state index contributed by atoms with van der Waals surface area (Å²) in [5.74, 6) is -0.990. The van der Waals surface area contributed by atoms with Crippen LogP contribution in [0.4, 0.5) is 0 Å². The third kappa shape index (κ3) is 2.31. The topological polar surface area (TPSA) is 37.3 Å². The monoisotopic (exact) mass is 138 g/mol. The second kappa shape index (κ2) is 3.67. The molecule has 0 aromatic heterocycles. The average molecular weight is 138 g/mol. The standard InChI is InChI=1S/C8H10O2/c1-4-5-6(2)7(3)8(9)10/h4-5H,1,3H2,2H3,(H,9,10)/b6-5-. The molecule has 0 unspecified atom stereocenters. The zero-order chi connectivity index (χ0) is 8.15. The van der Waals surface area contributed by atoms with Crippen molar-refractivity contribution in [1.29, 1.82) is 0 Å². The summed E-state index contributed by atoms with van der Waals surface area (Å²) in [6.07, 6.45) is 3.14. The van der Waals surface area contributed by atoms with E-state index in [4.69, 9.17) is 5.11 Å². The molecule has 0 aliphatic heterocycles. The van der Waals surface area contributed by atoms with Gasteiger partial charge in [-0.15, -0.1) is 0 Å². The summed E-state index contributed by atoms with van der Waals surface area (Å²) in [5.41, 5.74) is 0.738. The minimum absolute atomic E-state index is 0.111. The molecule has 10 heavy (non-hydrogen) atoms. The highest BCUT2D eigenvalue weighted by Crippen LogP contribution is 2.05. The van der Waals surface area contributed by atoms with E-state index < -0.39 is 5.97 Å². The van der Waals surface area contributed by atoms with E-state index in [2.05, 4.69) is 13.2 Å². The molecule has 0 bridgehead atoms. The molecule has 2 nitrogen and oxygen atoms in total. The van der Waals surface area contributed by atoms with Gasteiger partial charge in [-0.3, -0.25) is 0 Å². The molecule has 0 spiro atoms. The van der Waals surface area contributed by atoms with E-state index in [1.165, 1.54) is 6.08 Å². The average Bonchev–Trinajstić information content (AvgIpc) is 1.87. The minimum Gasteiger partial charge on any atom is -0.478 e. The highest BCUT2D eigenvalue weighted by atomic mass is 16.4. The van der Waals surface area contributed by atoms with Crippen LogP contribution in [-0.2, 0) is 4.79 Å². The van der Waals surface area contributed by atoms with Crippen molar-refractivity contribution in [3.05, 3.63) is 36.5 Å². The predicted octanol–water partition coefficient (Wildman–Crippen LogP) is 1.76. The Hall–Kier alpha value is -1.31. The van der Waals surface area contributed by atoms with Crippen LogP contribution in [0.2, 0.25) is 0 Å². The number of hydrogen-bond donors (Lipinski definition) is 1. The fourth-order valence-corrected chi connectivity index (χ4v) is 0.446. The molecule has 1 N–H and O–H groups in total. The summed E-state index contributed by atoms with van der Waals surface area (Å²) < 4.78 is 0. The third-order valence-electron chi connectivity index (χ3n) is 1.10. The lowest BCUT2D eigenvalue weighted by molar-refractivity contribution is -0.132. The van der Waals surface area contributed by atoms with Gasteiger partial charge in [0.05, 0.1) is 5.57 Å². The smallest absolute Gasteiger partial charge is 0.335 e. The molecular formula is C8H10O2. The van der Waals surface area contributed by atoms with Crippen LogP contribution in [0.15, 0.2) is 36.5 Å². The van der Waals surface area contributed by atoms with E-state index in [0.717, 1.165) is 0 Å². The van der Waals surface area contributed by atoms with Crippen LogP contribution in [0, 0.1) is 0 Å². The van der Waals surface area contributed by atoms with Gasteiger partial charge in [0, 0.05) is 0 Å². The van der Waals surface area contributed by atoms with Crippen molar-refractivity contribution in [2.45, 2.75) is 6.92 Å². The molecule has 0 fully saturated rings. The zero-order valence-corrected chi connectivity index (χ0v) is 5.92. The lowest BCUT2D eigenvalue weighted by atomic mass is 10.1. The van der Waals surface area contributed by atoms with Crippen molar-refractivity contribution in [2.24, 2.45) is 0 Å². The van der Waals surface area contributed by atoms with Crippen LogP contribution < -0.4 is 0 Å². The zero-order valence-electron chi connectivity index (χ0n) is 5.92. The summed E-state index contributed by atoms with van der Waals surface area (Å²) in [6, 6.07) is 0. The van der Waals surface area contributed by atoms with E-state index >= 15 is 0 Å². The van der Waals surface area contributed by atoms with Crippen LogP contribution in [0.5, 0.6) is 0 Å². The van der Waals surface area contributed by atoms with E-state index in [1.807, 2.05) is 0 Å². The molecule has 0 aromatic rings. The molecule has 0 heterocycles. The summed E-state index contributed by atoms with van der Waals surface area (Å²) >= 11 is 0. The Morgan fingerprint density at radius 1 is 1.60 bits per heavy atom. The number of carboxylic acids is 1. The maximum atomic E-state index is 10.2. The Morgan fingerprint density at radius 3 is 2.40 bits per heavy atom. The van der Waals surface area contributed by atoms with Gasteiger partial charge in [0.1, 0.15) is 0 Å². The molecule has 0 saturated carbocycles. The number of carbonyl (C=O) groups is 1. The van der Waals surface area contributed by atoms with Gasteiger partial charge >= 0.3 is 5.97 Å². The molecular weight excluding hydrogens is 128 g/mol. The number of hydrogen-bond acceptors (Lipinski definition) is 1. The largest absolute Gasteiger partial charge is 0.478 e. The minimum atomic E-state index is -0.990. The molecule has 0 amide bonds. The number of aliphatic carboxylic acids is 1. The fourth-order valence-electron chi connectivity index (χ4n) is 0.446. The summed E-state index contributed by atoms with van der Waals surface area (Å²) in [6.45, 7) is 8.47. The van der Waals surface area contributed by atoms with Gasteiger partial charge < -0.3 is 5.11 Å². The Kier molecular flexibility index (Phi) is 3.19. The van der Waals surface area contributed by atoms with E-state index in [1.54, 1.807) is 13.0 Å². The fraction of sp³-hybridized carbons (Fsp3) is 0.125. The van der Waals surface area contributed by atoms with Gasteiger partial charge in [-0.1, -0.05) is 25.3 Å². The predicted molar refractivity (Wildman–Crippen MR) is 40.7 cm³/mol. The quantitative estimate of drug-likeness (QED) is 0.476. The molecule has 2 heteroatoms. The first kappa shape index (κ1) is 8.69. The van der Waals surface area contributed by atoms with E-state index in [-0.39, 0.29) is 5.57 Å². The first-order valence-electron chi connectivity index (χ1n) is 2.81. The maximum absolute atomic E-state index is 10.2. The van der Waals surface area contributed by atoms with Crippen molar-refractivity contribution in [3.8, 4) is 0 Å². The van der Waals surface area contributed by atoms with Crippen LogP contribution >= 0.6 is 0 Å². The van der Waals surface area contributed by atoms with Gasteiger partial charge in [-0.25, -0.2) is 4.79 Å². The number of rotatable bonds is 3.